The van der Waals surface area contributed by atoms with Gasteiger partial charge < -0.3 is 23.9 Å². The molecule has 0 atom stereocenters. The van der Waals surface area contributed by atoms with Crippen molar-refractivity contribution in [2.75, 3.05) is 21.3 Å². The highest BCUT2D eigenvalue weighted by Crippen LogP contribution is 2.38. The summed E-state index contributed by atoms with van der Waals surface area (Å²) in [4.78, 5) is 4.21. The van der Waals surface area contributed by atoms with E-state index in [0.717, 1.165) is 0 Å². The lowest BCUT2D eigenvalue weighted by Gasteiger charge is -2.13. The van der Waals surface area contributed by atoms with E-state index in [1.807, 2.05) is 0 Å². The van der Waals surface area contributed by atoms with E-state index >= 15 is 0 Å². The van der Waals surface area contributed by atoms with Gasteiger partial charge in [-0.25, -0.2) is 4.39 Å². The molecular formula is C18H16FN3O5. The first kappa shape index (κ1) is 18.2. The lowest BCUT2D eigenvalue weighted by molar-refractivity contribution is 0.318. The molecule has 0 radical (unpaired) electrons. The Bertz CT molecular complexity index is 944. The molecule has 1 heterocycles. The molecule has 0 saturated heterocycles. The first-order chi connectivity index (χ1) is 13.1. The Balaban J connectivity index is 2.02. The molecule has 0 aliphatic carbocycles. The summed E-state index contributed by atoms with van der Waals surface area (Å²) in [6.07, 6.45) is 0. The van der Waals surface area contributed by atoms with Crippen LogP contribution in [0.1, 0.15) is 11.4 Å². The van der Waals surface area contributed by atoms with Crippen molar-refractivity contribution in [1.82, 2.24) is 10.1 Å². The van der Waals surface area contributed by atoms with Gasteiger partial charge in [0.25, 0.3) is 5.89 Å². The number of oxime groups is 1. The monoisotopic (exact) mass is 373 g/mol. The van der Waals surface area contributed by atoms with Crippen LogP contribution in [0.15, 0.2) is 46.1 Å². The standard InChI is InChI=1S/C18H16FN3O5/c1-24-13-8-11(9-14(25-2)16(13)26-3)15(21-23)17-20-18(27-22-17)10-4-6-12(19)7-5-10/h4-9,23H,1-3H3. The van der Waals surface area contributed by atoms with Crippen LogP contribution in [0.5, 0.6) is 17.2 Å². The average Bonchev–Trinajstić information content (AvgIpc) is 3.18. The zero-order chi connectivity index (χ0) is 19.4. The Labute approximate surface area is 153 Å². The fourth-order valence-corrected chi connectivity index (χ4v) is 2.48. The molecule has 3 rings (SSSR count). The van der Waals surface area contributed by atoms with Crippen molar-refractivity contribution in [3.05, 3.63) is 53.6 Å². The number of nitrogens with zero attached hydrogens (tertiary/aromatic N) is 3. The first-order valence-electron chi connectivity index (χ1n) is 7.73. The summed E-state index contributed by atoms with van der Waals surface area (Å²) in [7, 11) is 4.42. The van der Waals surface area contributed by atoms with Gasteiger partial charge in [0, 0.05) is 11.1 Å². The normalized spacial score (nSPS) is 11.3. The minimum absolute atomic E-state index is 0.0334. The summed E-state index contributed by atoms with van der Waals surface area (Å²) >= 11 is 0. The van der Waals surface area contributed by atoms with Crippen molar-refractivity contribution in [2.24, 2.45) is 5.16 Å². The Kier molecular flexibility index (Phi) is 5.20. The highest BCUT2D eigenvalue weighted by atomic mass is 19.1. The number of methoxy groups -OCH3 is 3. The number of hydrogen-bond acceptors (Lipinski definition) is 8. The zero-order valence-corrected chi connectivity index (χ0v) is 14.8. The predicted octanol–water partition coefficient (Wildman–Crippen LogP) is 3.13. The molecule has 0 fully saturated rings. The van der Waals surface area contributed by atoms with Gasteiger partial charge in [0.15, 0.2) is 17.2 Å². The molecule has 0 bridgehead atoms. The van der Waals surface area contributed by atoms with Gasteiger partial charge in [-0.1, -0.05) is 10.3 Å². The zero-order valence-electron chi connectivity index (χ0n) is 14.8. The van der Waals surface area contributed by atoms with Gasteiger partial charge in [0.1, 0.15) is 5.82 Å². The molecule has 2 aromatic carbocycles. The van der Waals surface area contributed by atoms with Crippen molar-refractivity contribution < 1.29 is 28.3 Å². The van der Waals surface area contributed by atoms with E-state index in [4.69, 9.17) is 18.7 Å². The van der Waals surface area contributed by atoms with Gasteiger partial charge in [-0.15, -0.1) is 0 Å². The molecule has 1 N–H and O–H groups in total. The predicted molar refractivity (Wildman–Crippen MR) is 93.2 cm³/mol. The highest BCUT2D eigenvalue weighted by Gasteiger charge is 2.21. The van der Waals surface area contributed by atoms with Gasteiger partial charge in [0.05, 0.1) is 21.3 Å². The molecule has 3 aromatic rings. The van der Waals surface area contributed by atoms with Crippen LogP contribution in [0.3, 0.4) is 0 Å². The van der Waals surface area contributed by atoms with E-state index in [-0.39, 0.29) is 23.2 Å². The van der Waals surface area contributed by atoms with Crippen molar-refractivity contribution in [1.29, 1.82) is 0 Å². The topological polar surface area (TPSA) is 99.2 Å². The van der Waals surface area contributed by atoms with Gasteiger partial charge in [-0.3, -0.25) is 0 Å². The SMILES string of the molecule is COc1cc(C(=NO)c2noc(-c3ccc(F)cc3)n2)cc(OC)c1OC. The summed E-state index contributed by atoms with van der Waals surface area (Å²) in [5.74, 6) is 0.935. The molecule has 0 amide bonds. The molecule has 0 aliphatic rings. The molecule has 0 spiro atoms. The maximum atomic E-state index is 13.1. The van der Waals surface area contributed by atoms with E-state index in [1.54, 1.807) is 12.1 Å². The summed E-state index contributed by atoms with van der Waals surface area (Å²) in [5, 5.41) is 16.6. The third-order valence-corrected chi connectivity index (χ3v) is 3.77. The molecule has 140 valence electrons. The van der Waals surface area contributed by atoms with Crippen molar-refractivity contribution in [2.45, 2.75) is 0 Å². The van der Waals surface area contributed by atoms with Crippen LogP contribution in [0.2, 0.25) is 0 Å². The van der Waals surface area contributed by atoms with E-state index < -0.39 is 0 Å². The van der Waals surface area contributed by atoms with E-state index in [1.165, 1.54) is 45.6 Å². The molecule has 1 aromatic heterocycles. The second-order valence-corrected chi connectivity index (χ2v) is 5.29. The third kappa shape index (κ3) is 3.52. The largest absolute Gasteiger partial charge is 0.493 e. The highest BCUT2D eigenvalue weighted by molar-refractivity contribution is 6.11. The maximum Gasteiger partial charge on any atom is 0.258 e. The minimum atomic E-state index is -0.381. The number of rotatable bonds is 6. The number of benzene rings is 2. The smallest absolute Gasteiger partial charge is 0.258 e. The molecule has 8 nitrogen and oxygen atoms in total. The number of halogens is 1. The Morgan fingerprint density at radius 3 is 2.19 bits per heavy atom. The molecular weight excluding hydrogens is 357 g/mol. The molecule has 0 aliphatic heterocycles. The van der Waals surface area contributed by atoms with Crippen LogP contribution in [-0.2, 0) is 0 Å². The number of hydrogen-bond donors (Lipinski definition) is 1. The second kappa shape index (κ2) is 7.73. The van der Waals surface area contributed by atoms with Gasteiger partial charge in [-0.05, 0) is 36.4 Å². The minimum Gasteiger partial charge on any atom is -0.493 e. The van der Waals surface area contributed by atoms with Crippen molar-refractivity contribution in [3.8, 4) is 28.7 Å². The molecule has 0 unspecified atom stereocenters. The van der Waals surface area contributed by atoms with Crippen molar-refractivity contribution >= 4 is 5.71 Å². The Morgan fingerprint density at radius 1 is 1.04 bits per heavy atom. The molecule has 0 saturated carbocycles. The number of aromatic nitrogens is 2. The maximum absolute atomic E-state index is 13.1. The lowest BCUT2D eigenvalue weighted by atomic mass is 10.1. The van der Waals surface area contributed by atoms with Gasteiger partial charge >= 0.3 is 0 Å². The van der Waals surface area contributed by atoms with E-state index in [2.05, 4.69) is 15.3 Å². The fraction of sp³-hybridized carbons (Fsp3) is 0.167. The van der Waals surface area contributed by atoms with E-state index in [9.17, 15) is 9.60 Å². The van der Waals surface area contributed by atoms with Crippen LogP contribution in [0.25, 0.3) is 11.5 Å². The third-order valence-electron chi connectivity index (χ3n) is 3.77. The van der Waals surface area contributed by atoms with Crippen molar-refractivity contribution in [3.63, 3.8) is 0 Å². The Morgan fingerprint density at radius 2 is 1.67 bits per heavy atom. The van der Waals surface area contributed by atoms with Gasteiger partial charge in [-0.2, -0.15) is 4.98 Å². The first-order valence-corrected chi connectivity index (χ1v) is 7.73. The second-order valence-electron chi connectivity index (χ2n) is 5.29. The average molecular weight is 373 g/mol. The van der Waals surface area contributed by atoms with Crippen LogP contribution < -0.4 is 14.2 Å². The van der Waals surface area contributed by atoms with Crippen LogP contribution in [-0.4, -0.2) is 42.4 Å². The van der Waals surface area contributed by atoms with Crippen LogP contribution >= 0.6 is 0 Å². The molecule has 9 heteroatoms. The summed E-state index contributed by atoms with van der Waals surface area (Å²) in [6, 6.07) is 8.73. The Hall–Kier alpha value is -3.62. The van der Waals surface area contributed by atoms with E-state index in [0.29, 0.717) is 28.4 Å². The summed E-state index contributed by atoms with van der Waals surface area (Å²) < 4.78 is 34.1. The lowest BCUT2D eigenvalue weighted by Crippen LogP contribution is -2.07. The quantitative estimate of drug-likeness (QED) is 0.402. The summed E-state index contributed by atoms with van der Waals surface area (Å²) in [6.45, 7) is 0. The molecule has 27 heavy (non-hydrogen) atoms. The van der Waals surface area contributed by atoms with Crippen LogP contribution in [0, 0.1) is 5.82 Å². The van der Waals surface area contributed by atoms with Crippen LogP contribution in [0.4, 0.5) is 4.39 Å². The van der Waals surface area contributed by atoms with Gasteiger partial charge in [0.2, 0.25) is 11.6 Å². The summed E-state index contributed by atoms with van der Waals surface area (Å²) in [5.41, 5.74) is 0.974. The number of ether oxygens (including phenoxy) is 3. The fourth-order valence-electron chi connectivity index (χ4n) is 2.48.